The monoisotopic (exact) mass is 276 g/mol. The highest BCUT2D eigenvalue weighted by Crippen LogP contribution is 2.46. The molecule has 1 aliphatic rings. The van der Waals surface area contributed by atoms with E-state index in [2.05, 4.69) is 10.6 Å². The van der Waals surface area contributed by atoms with Gasteiger partial charge >= 0.3 is 5.97 Å². The van der Waals surface area contributed by atoms with Crippen LogP contribution >= 0.6 is 0 Å². The number of hydrogen-bond acceptors (Lipinski definition) is 3. The summed E-state index contributed by atoms with van der Waals surface area (Å²) in [5, 5.41) is 14.3. The SMILES string of the molecule is CC(=O)Nc1ccc(C)c(NC(=O)C2(C(=O)O)CC2)c1. The van der Waals surface area contributed by atoms with Crippen LogP contribution in [0.2, 0.25) is 0 Å². The molecule has 20 heavy (non-hydrogen) atoms. The van der Waals surface area contributed by atoms with Gasteiger partial charge in [0, 0.05) is 18.3 Å². The van der Waals surface area contributed by atoms with E-state index in [4.69, 9.17) is 5.11 Å². The van der Waals surface area contributed by atoms with Crippen molar-refractivity contribution in [1.29, 1.82) is 0 Å². The molecule has 0 aromatic heterocycles. The Labute approximate surface area is 116 Å². The van der Waals surface area contributed by atoms with E-state index in [1.165, 1.54) is 6.92 Å². The van der Waals surface area contributed by atoms with Crippen molar-refractivity contribution in [3.8, 4) is 0 Å². The second-order valence-electron chi connectivity index (χ2n) is 5.05. The largest absolute Gasteiger partial charge is 0.480 e. The van der Waals surface area contributed by atoms with Crippen LogP contribution in [0.3, 0.4) is 0 Å². The lowest BCUT2D eigenvalue weighted by Gasteiger charge is -2.14. The van der Waals surface area contributed by atoms with Gasteiger partial charge in [-0.05, 0) is 37.5 Å². The van der Waals surface area contributed by atoms with Crippen LogP contribution < -0.4 is 10.6 Å². The molecule has 1 aromatic carbocycles. The van der Waals surface area contributed by atoms with Crippen molar-refractivity contribution in [2.45, 2.75) is 26.7 Å². The molecule has 2 rings (SSSR count). The predicted molar refractivity (Wildman–Crippen MR) is 73.4 cm³/mol. The van der Waals surface area contributed by atoms with Crippen molar-refractivity contribution in [2.24, 2.45) is 5.41 Å². The summed E-state index contributed by atoms with van der Waals surface area (Å²) < 4.78 is 0. The molecular formula is C14H16N2O4. The first-order chi connectivity index (χ1) is 9.35. The van der Waals surface area contributed by atoms with Crippen LogP contribution in [0, 0.1) is 12.3 Å². The molecule has 0 spiro atoms. The number of anilines is 2. The Morgan fingerprint density at radius 3 is 2.35 bits per heavy atom. The van der Waals surface area contributed by atoms with E-state index in [0.29, 0.717) is 24.2 Å². The Morgan fingerprint density at radius 2 is 1.85 bits per heavy atom. The summed E-state index contributed by atoms with van der Waals surface area (Å²) in [5.74, 6) is -1.81. The van der Waals surface area contributed by atoms with E-state index in [9.17, 15) is 14.4 Å². The number of amides is 2. The first-order valence-electron chi connectivity index (χ1n) is 6.28. The second-order valence-corrected chi connectivity index (χ2v) is 5.05. The minimum Gasteiger partial charge on any atom is -0.480 e. The number of hydrogen-bond donors (Lipinski definition) is 3. The van der Waals surface area contributed by atoms with Crippen molar-refractivity contribution in [3.63, 3.8) is 0 Å². The quantitative estimate of drug-likeness (QED) is 0.730. The third kappa shape index (κ3) is 2.64. The summed E-state index contributed by atoms with van der Waals surface area (Å²) in [7, 11) is 0. The Kier molecular flexibility index (Phi) is 3.48. The highest BCUT2D eigenvalue weighted by atomic mass is 16.4. The van der Waals surface area contributed by atoms with Gasteiger partial charge in [0.25, 0.3) is 0 Å². The minimum absolute atomic E-state index is 0.213. The molecule has 0 heterocycles. The van der Waals surface area contributed by atoms with Crippen LogP contribution in [0.25, 0.3) is 0 Å². The number of rotatable bonds is 4. The molecule has 1 aliphatic carbocycles. The smallest absolute Gasteiger partial charge is 0.319 e. The summed E-state index contributed by atoms with van der Waals surface area (Å²) in [6.45, 7) is 3.19. The third-order valence-corrected chi connectivity index (χ3v) is 3.40. The zero-order valence-corrected chi connectivity index (χ0v) is 11.3. The zero-order chi connectivity index (χ0) is 14.9. The van der Waals surface area contributed by atoms with Gasteiger partial charge in [-0.25, -0.2) is 0 Å². The van der Waals surface area contributed by atoms with Gasteiger partial charge in [-0.3, -0.25) is 14.4 Å². The molecule has 0 bridgehead atoms. The highest BCUT2D eigenvalue weighted by Gasteiger charge is 2.57. The number of carbonyl (C=O) groups is 3. The zero-order valence-electron chi connectivity index (χ0n) is 11.3. The van der Waals surface area contributed by atoms with Crippen molar-refractivity contribution < 1.29 is 19.5 Å². The van der Waals surface area contributed by atoms with E-state index in [1.54, 1.807) is 25.1 Å². The van der Waals surface area contributed by atoms with Crippen molar-refractivity contribution >= 4 is 29.2 Å². The molecule has 2 amide bonds. The summed E-state index contributed by atoms with van der Waals surface area (Å²) in [5.41, 5.74) is 0.581. The summed E-state index contributed by atoms with van der Waals surface area (Å²) in [6, 6.07) is 5.09. The summed E-state index contributed by atoms with van der Waals surface area (Å²) in [4.78, 5) is 34.2. The van der Waals surface area contributed by atoms with Crippen LogP contribution in [-0.4, -0.2) is 22.9 Å². The van der Waals surface area contributed by atoms with Crippen LogP contribution in [0.5, 0.6) is 0 Å². The van der Waals surface area contributed by atoms with Gasteiger partial charge in [-0.2, -0.15) is 0 Å². The van der Waals surface area contributed by atoms with Crippen molar-refractivity contribution in [2.75, 3.05) is 10.6 Å². The number of carboxylic acid groups (broad SMARTS) is 1. The number of benzene rings is 1. The number of carboxylic acids is 1. The standard InChI is InChI=1S/C14H16N2O4/c1-8-3-4-10(15-9(2)17)7-11(8)16-12(18)14(5-6-14)13(19)20/h3-4,7H,5-6H2,1-2H3,(H,15,17)(H,16,18)(H,19,20). The lowest BCUT2D eigenvalue weighted by Crippen LogP contribution is -2.31. The van der Waals surface area contributed by atoms with Crippen LogP contribution in [0.4, 0.5) is 11.4 Å². The Morgan fingerprint density at radius 1 is 1.20 bits per heavy atom. The molecule has 1 aromatic rings. The molecule has 0 saturated heterocycles. The van der Waals surface area contributed by atoms with E-state index in [-0.39, 0.29) is 5.91 Å². The average molecular weight is 276 g/mol. The Hall–Kier alpha value is -2.37. The average Bonchev–Trinajstić information content (AvgIpc) is 3.14. The predicted octanol–water partition coefficient (Wildman–Crippen LogP) is 1.76. The van der Waals surface area contributed by atoms with Gasteiger partial charge in [0.15, 0.2) is 0 Å². The maximum atomic E-state index is 12.0. The van der Waals surface area contributed by atoms with Gasteiger partial charge < -0.3 is 15.7 Å². The normalized spacial score (nSPS) is 15.3. The second kappa shape index (κ2) is 4.96. The Bertz CT molecular complexity index is 591. The van der Waals surface area contributed by atoms with Gasteiger partial charge in [0.1, 0.15) is 5.41 Å². The lowest BCUT2D eigenvalue weighted by molar-refractivity contribution is -0.147. The number of aliphatic carboxylic acids is 1. The molecule has 1 fully saturated rings. The number of aryl methyl sites for hydroxylation is 1. The maximum absolute atomic E-state index is 12.0. The summed E-state index contributed by atoms with van der Waals surface area (Å²) >= 11 is 0. The van der Waals surface area contributed by atoms with Crippen LogP contribution in [-0.2, 0) is 14.4 Å². The van der Waals surface area contributed by atoms with E-state index < -0.39 is 17.3 Å². The number of carbonyl (C=O) groups excluding carboxylic acids is 2. The molecule has 106 valence electrons. The molecule has 6 nitrogen and oxygen atoms in total. The van der Waals surface area contributed by atoms with E-state index in [1.807, 2.05) is 0 Å². The molecule has 0 unspecified atom stereocenters. The first kappa shape index (κ1) is 14.0. The molecule has 0 aliphatic heterocycles. The van der Waals surface area contributed by atoms with Gasteiger partial charge in [-0.1, -0.05) is 6.07 Å². The van der Waals surface area contributed by atoms with Gasteiger partial charge in [0.05, 0.1) is 0 Å². The number of nitrogens with one attached hydrogen (secondary N) is 2. The van der Waals surface area contributed by atoms with E-state index >= 15 is 0 Å². The molecule has 6 heteroatoms. The van der Waals surface area contributed by atoms with Crippen LogP contribution in [0.15, 0.2) is 18.2 Å². The minimum atomic E-state index is -1.28. The van der Waals surface area contributed by atoms with Crippen molar-refractivity contribution in [1.82, 2.24) is 0 Å². The Balaban J connectivity index is 2.18. The molecule has 0 atom stereocenters. The fraction of sp³-hybridized carbons (Fsp3) is 0.357. The van der Waals surface area contributed by atoms with E-state index in [0.717, 1.165) is 5.56 Å². The maximum Gasteiger partial charge on any atom is 0.319 e. The summed E-state index contributed by atoms with van der Waals surface area (Å²) in [6.07, 6.45) is 0.719. The van der Waals surface area contributed by atoms with Gasteiger partial charge in [0.2, 0.25) is 11.8 Å². The lowest BCUT2D eigenvalue weighted by atomic mass is 10.1. The third-order valence-electron chi connectivity index (χ3n) is 3.40. The van der Waals surface area contributed by atoms with Crippen molar-refractivity contribution in [3.05, 3.63) is 23.8 Å². The molecular weight excluding hydrogens is 260 g/mol. The molecule has 1 saturated carbocycles. The van der Waals surface area contributed by atoms with Crippen LogP contribution in [0.1, 0.15) is 25.3 Å². The molecule has 0 radical (unpaired) electrons. The topological polar surface area (TPSA) is 95.5 Å². The first-order valence-corrected chi connectivity index (χ1v) is 6.28. The molecule has 3 N–H and O–H groups in total. The van der Waals surface area contributed by atoms with Gasteiger partial charge in [-0.15, -0.1) is 0 Å². The fourth-order valence-electron chi connectivity index (χ4n) is 1.94. The highest BCUT2D eigenvalue weighted by molar-refractivity contribution is 6.11. The fourth-order valence-corrected chi connectivity index (χ4v) is 1.94.